The van der Waals surface area contributed by atoms with Crippen LogP contribution in [0.4, 0.5) is 10.1 Å². The molecular formula is C16H17FN2O3S. The Balaban J connectivity index is 2.06. The van der Waals surface area contributed by atoms with Crippen LogP contribution < -0.4 is 10.3 Å². The number of carboxylic acids is 1. The molecule has 1 fully saturated rings. The summed E-state index contributed by atoms with van der Waals surface area (Å²) in [6.45, 7) is 3.31. The van der Waals surface area contributed by atoms with Gasteiger partial charge in [0.2, 0.25) is 5.43 Å². The minimum atomic E-state index is -1.28. The molecule has 2 heterocycles. The first-order valence-corrected chi connectivity index (χ1v) is 8.27. The first-order chi connectivity index (χ1) is 11.0. The molecule has 1 N–H and O–H groups in total. The Morgan fingerprint density at radius 3 is 2.78 bits per heavy atom. The molecule has 0 aliphatic carbocycles. The van der Waals surface area contributed by atoms with Gasteiger partial charge in [0.05, 0.1) is 5.69 Å². The van der Waals surface area contributed by atoms with E-state index < -0.39 is 17.2 Å². The topological polar surface area (TPSA) is 60.9 Å². The van der Waals surface area contributed by atoms with Crippen LogP contribution in [0.3, 0.4) is 0 Å². The highest BCUT2D eigenvalue weighted by atomic mass is 32.1. The summed E-state index contributed by atoms with van der Waals surface area (Å²) in [5.41, 5.74) is -0.468. The summed E-state index contributed by atoms with van der Waals surface area (Å²) >= 11 is 1.15. The Labute approximate surface area is 136 Å². The number of fused-ring (bicyclic) bond motifs is 1. The highest BCUT2D eigenvalue weighted by Crippen LogP contribution is 2.28. The van der Waals surface area contributed by atoms with Crippen LogP contribution in [0.5, 0.6) is 0 Å². The molecule has 7 heteroatoms. The smallest absolute Gasteiger partial charge is 0.340 e. The average Bonchev–Trinajstić information content (AvgIpc) is 2.72. The Kier molecular flexibility index (Phi) is 4.32. The maximum atomic E-state index is 14.5. The van der Waals surface area contributed by atoms with Gasteiger partial charge in [-0.25, -0.2) is 9.18 Å². The number of carboxylic acid groups (broad SMARTS) is 1. The Hall–Kier alpha value is -1.99. The van der Waals surface area contributed by atoms with Gasteiger partial charge >= 0.3 is 5.97 Å². The van der Waals surface area contributed by atoms with Gasteiger partial charge in [-0.2, -0.15) is 0 Å². The molecule has 0 radical (unpaired) electrons. The third-order valence-corrected chi connectivity index (χ3v) is 5.08. The summed E-state index contributed by atoms with van der Waals surface area (Å²) in [6.07, 6.45) is 0.947. The number of likely N-dealkylation sites (N-methyl/N-ethyl adjacent to an activating group) is 1. The van der Waals surface area contributed by atoms with Crippen LogP contribution in [0.2, 0.25) is 0 Å². The van der Waals surface area contributed by atoms with Crippen molar-refractivity contribution in [3.05, 3.63) is 39.1 Å². The number of hydrogen-bond donors (Lipinski definition) is 1. The molecule has 5 nitrogen and oxygen atoms in total. The molecule has 3 rings (SSSR count). The number of halogens is 1. The SMILES string of the molecule is CN1CCCN(c2cc3scc(C(=O)O)c(=O)c3cc2F)CC1. The number of aromatic carboxylic acids is 1. The van der Waals surface area contributed by atoms with Crippen molar-refractivity contribution in [1.82, 2.24) is 4.90 Å². The van der Waals surface area contributed by atoms with E-state index in [9.17, 15) is 14.0 Å². The molecule has 1 saturated heterocycles. The third kappa shape index (κ3) is 3.07. The zero-order valence-corrected chi connectivity index (χ0v) is 13.5. The molecule has 0 bridgehead atoms. The van der Waals surface area contributed by atoms with Crippen LogP contribution in [-0.2, 0) is 0 Å². The van der Waals surface area contributed by atoms with Crippen molar-refractivity contribution in [3.8, 4) is 0 Å². The maximum absolute atomic E-state index is 14.5. The lowest BCUT2D eigenvalue weighted by molar-refractivity contribution is 0.0696. The summed E-state index contributed by atoms with van der Waals surface area (Å²) in [7, 11) is 2.04. The van der Waals surface area contributed by atoms with Crippen LogP contribution >= 0.6 is 11.3 Å². The van der Waals surface area contributed by atoms with Gasteiger partial charge in [-0.3, -0.25) is 4.79 Å². The molecule has 1 aromatic heterocycles. The number of benzene rings is 1. The zero-order chi connectivity index (χ0) is 16.6. The Morgan fingerprint density at radius 2 is 2.04 bits per heavy atom. The molecule has 0 saturated carbocycles. The number of carbonyl (C=O) groups is 1. The van der Waals surface area contributed by atoms with Gasteiger partial charge in [-0.15, -0.1) is 11.3 Å². The van der Waals surface area contributed by atoms with Crippen molar-refractivity contribution in [2.75, 3.05) is 38.1 Å². The second-order valence-electron chi connectivity index (χ2n) is 5.73. The Morgan fingerprint density at radius 1 is 1.26 bits per heavy atom. The predicted molar refractivity (Wildman–Crippen MR) is 89.3 cm³/mol. The lowest BCUT2D eigenvalue weighted by Gasteiger charge is -2.23. The van der Waals surface area contributed by atoms with Crippen LogP contribution in [0.25, 0.3) is 10.1 Å². The molecule has 0 unspecified atom stereocenters. The standard InChI is InChI=1S/C16H17FN2O3S/c1-18-3-2-4-19(6-5-18)13-8-14-10(7-12(13)17)15(20)11(9-23-14)16(21)22/h7-9H,2-6H2,1H3,(H,21,22). The molecule has 0 amide bonds. The minimum absolute atomic E-state index is 0.128. The van der Waals surface area contributed by atoms with E-state index in [-0.39, 0.29) is 10.9 Å². The van der Waals surface area contributed by atoms with Gasteiger partial charge in [0.1, 0.15) is 11.4 Å². The molecular weight excluding hydrogens is 319 g/mol. The first kappa shape index (κ1) is 15.9. The van der Waals surface area contributed by atoms with E-state index in [1.165, 1.54) is 11.4 Å². The quantitative estimate of drug-likeness (QED) is 0.911. The van der Waals surface area contributed by atoms with E-state index in [1.54, 1.807) is 6.07 Å². The molecule has 23 heavy (non-hydrogen) atoms. The van der Waals surface area contributed by atoms with E-state index in [4.69, 9.17) is 5.11 Å². The van der Waals surface area contributed by atoms with E-state index in [0.717, 1.165) is 43.9 Å². The van der Waals surface area contributed by atoms with E-state index >= 15 is 0 Å². The predicted octanol–water partition coefficient (Wildman–Crippen LogP) is 2.24. The lowest BCUT2D eigenvalue weighted by Crippen LogP contribution is -2.29. The number of hydrogen-bond acceptors (Lipinski definition) is 5. The highest BCUT2D eigenvalue weighted by Gasteiger charge is 2.19. The largest absolute Gasteiger partial charge is 0.478 e. The second kappa shape index (κ2) is 6.25. The van der Waals surface area contributed by atoms with Crippen molar-refractivity contribution in [1.29, 1.82) is 0 Å². The summed E-state index contributed by atoms with van der Waals surface area (Å²) < 4.78 is 15.1. The van der Waals surface area contributed by atoms with Crippen LogP contribution in [-0.4, -0.2) is 49.2 Å². The Bertz CT molecular complexity index is 821. The second-order valence-corrected chi connectivity index (χ2v) is 6.64. The van der Waals surface area contributed by atoms with E-state index in [1.807, 2.05) is 11.9 Å². The summed E-state index contributed by atoms with van der Waals surface area (Å²) in [5, 5.41) is 10.5. The minimum Gasteiger partial charge on any atom is -0.478 e. The van der Waals surface area contributed by atoms with Crippen LogP contribution in [0, 0.1) is 5.82 Å². The van der Waals surface area contributed by atoms with Crippen molar-refractivity contribution in [3.63, 3.8) is 0 Å². The zero-order valence-electron chi connectivity index (χ0n) is 12.7. The van der Waals surface area contributed by atoms with Gasteiger partial charge in [0.15, 0.2) is 0 Å². The van der Waals surface area contributed by atoms with Crippen molar-refractivity contribution in [2.24, 2.45) is 0 Å². The molecule has 122 valence electrons. The van der Waals surface area contributed by atoms with Crippen molar-refractivity contribution in [2.45, 2.75) is 6.42 Å². The molecule has 1 aromatic carbocycles. The average molecular weight is 336 g/mol. The fraction of sp³-hybridized carbons (Fsp3) is 0.375. The van der Waals surface area contributed by atoms with Crippen LogP contribution in [0.15, 0.2) is 22.3 Å². The van der Waals surface area contributed by atoms with Gasteiger partial charge in [0, 0.05) is 35.1 Å². The first-order valence-electron chi connectivity index (χ1n) is 7.39. The van der Waals surface area contributed by atoms with Crippen molar-refractivity contribution < 1.29 is 14.3 Å². The molecule has 2 aromatic rings. The van der Waals surface area contributed by atoms with E-state index in [2.05, 4.69) is 4.90 Å². The number of nitrogens with zero attached hydrogens (tertiary/aromatic N) is 2. The fourth-order valence-corrected chi connectivity index (χ4v) is 3.73. The van der Waals surface area contributed by atoms with Gasteiger partial charge < -0.3 is 14.9 Å². The molecule has 1 aliphatic rings. The number of rotatable bonds is 2. The van der Waals surface area contributed by atoms with Gasteiger partial charge in [-0.05, 0) is 32.1 Å². The van der Waals surface area contributed by atoms with Crippen molar-refractivity contribution >= 4 is 33.1 Å². The lowest BCUT2D eigenvalue weighted by atomic mass is 10.1. The fourth-order valence-electron chi connectivity index (χ4n) is 2.82. The summed E-state index contributed by atoms with van der Waals surface area (Å²) in [5.74, 6) is -1.76. The monoisotopic (exact) mass is 336 g/mol. The molecule has 0 atom stereocenters. The van der Waals surface area contributed by atoms with E-state index in [0.29, 0.717) is 10.4 Å². The maximum Gasteiger partial charge on any atom is 0.340 e. The van der Waals surface area contributed by atoms with Gasteiger partial charge in [-0.1, -0.05) is 0 Å². The highest BCUT2D eigenvalue weighted by molar-refractivity contribution is 7.16. The molecule has 0 spiro atoms. The van der Waals surface area contributed by atoms with Crippen LogP contribution in [0.1, 0.15) is 16.8 Å². The van der Waals surface area contributed by atoms with Gasteiger partial charge in [0.25, 0.3) is 0 Å². The third-order valence-electron chi connectivity index (χ3n) is 4.13. The normalized spacial score (nSPS) is 16.5. The number of anilines is 1. The summed E-state index contributed by atoms with van der Waals surface area (Å²) in [4.78, 5) is 27.4. The molecule has 1 aliphatic heterocycles. The summed E-state index contributed by atoms with van der Waals surface area (Å²) in [6, 6.07) is 2.83.